The van der Waals surface area contributed by atoms with Gasteiger partial charge in [0.15, 0.2) is 0 Å². The summed E-state index contributed by atoms with van der Waals surface area (Å²) in [5, 5.41) is 0. The molecule has 0 saturated heterocycles. The third-order valence-corrected chi connectivity index (χ3v) is 0.870. The number of hydrogen-bond donors (Lipinski definition) is 0. The first-order valence-electron chi connectivity index (χ1n) is 3.45. The first kappa shape index (κ1) is 9.88. The number of carbonyl (C=O) groups is 2. The lowest BCUT2D eigenvalue weighted by Crippen LogP contribution is -2.07. The molecule has 0 heterocycles. The molecular formula is C8H12O3. The van der Waals surface area contributed by atoms with Gasteiger partial charge in [-0.05, 0) is 12.0 Å². The van der Waals surface area contributed by atoms with Gasteiger partial charge >= 0.3 is 5.97 Å². The van der Waals surface area contributed by atoms with Crippen LogP contribution in [0.1, 0.15) is 13.8 Å². The summed E-state index contributed by atoms with van der Waals surface area (Å²) in [6.07, 6.45) is 2.76. The average Bonchev–Trinajstić information content (AvgIpc) is 1.97. The molecule has 0 radical (unpaired) electrons. The largest absolute Gasteiger partial charge is 0.462 e. The van der Waals surface area contributed by atoms with Crippen molar-refractivity contribution in [1.82, 2.24) is 0 Å². The molecule has 0 atom stereocenters. The van der Waals surface area contributed by atoms with Crippen molar-refractivity contribution in [3.63, 3.8) is 0 Å². The molecule has 0 aromatic heterocycles. The maximum atomic E-state index is 10.6. The van der Waals surface area contributed by atoms with Gasteiger partial charge in [0.25, 0.3) is 0 Å². The predicted molar refractivity (Wildman–Crippen MR) is 41.0 cm³/mol. The van der Waals surface area contributed by atoms with E-state index in [0.29, 0.717) is 18.8 Å². The van der Waals surface area contributed by atoms with E-state index in [1.807, 2.05) is 13.8 Å². The first-order chi connectivity index (χ1) is 5.16. The quantitative estimate of drug-likeness (QED) is 0.345. The second-order valence-electron chi connectivity index (χ2n) is 2.52. The highest BCUT2D eigenvalue weighted by Gasteiger charge is 1.97. The van der Waals surface area contributed by atoms with Crippen molar-refractivity contribution in [2.24, 2.45) is 5.92 Å². The molecule has 0 aliphatic rings. The van der Waals surface area contributed by atoms with Crippen LogP contribution in [0.3, 0.4) is 0 Å². The van der Waals surface area contributed by atoms with Crippen molar-refractivity contribution >= 4 is 12.3 Å². The molecule has 0 aromatic carbocycles. The average molecular weight is 156 g/mol. The third-order valence-electron chi connectivity index (χ3n) is 0.870. The van der Waals surface area contributed by atoms with E-state index in [9.17, 15) is 9.59 Å². The van der Waals surface area contributed by atoms with E-state index in [1.165, 1.54) is 0 Å². The molecule has 0 saturated carbocycles. The zero-order valence-electron chi connectivity index (χ0n) is 6.74. The molecule has 62 valence electrons. The van der Waals surface area contributed by atoms with Crippen molar-refractivity contribution in [2.75, 3.05) is 6.61 Å². The number of esters is 1. The van der Waals surface area contributed by atoms with E-state index in [1.54, 1.807) is 0 Å². The smallest absolute Gasteiger partial charge is 0.330 e. The summed E-state index contributed by atoms with van der Waals surface area (Å²) in [7, 11) is 0. The second-order valence-corrected chi connectivity index (χ2v) is 2.52. The van der Waals surface area contributed by atoms with Gasteiger partial charge in [-0.25, -0.2) is 4.79 Å². The molecular weight excluding hydrogens is 144 g/mol. The van der Waals surface area contributed by atoms with E-state index < -0.39 is 5.97 Å². The molecule has 0 bridgehead atoms. The Kier molecular flexibility index (Phi) is 5.07. The van der Waals surface area contributed by atoms with E-state index in [0.717, 1.165) is 12.2 Å². The highest BCUT2D eigenvalue weighted by atomic mass is 16.5. The SMILES string of the molecule is CC(C)COC(=O)/C=C/C=O. The van der Waals surface area contributed by atoms with Crippen molar-refractivity contribution in [3.8, 4) is 0 Å². The van der Waals surface area contributed by atoms with Crippen LogP contribution in [0.4, 0.5) is 0 Å². The molecule has 0 aromatic rings. The van der Waals surface area contributed by atoms with Gasteiger partial charge < -0.3 is 4.74 Å². The molecule has 0 amide bonds. The van der Waals surface area contributed by atoms with Gasteiger partial charge in [0, 0.05) is 6.08 Å². The third kappa shape index (κ3) is 6.77. The fourth-order valence-electron chi connectivity index (χ4n) is 0.415. The maximum Gasteiger partial charge on any atom is 0.330 e. The number of ether oxygens (including phenoxy) is 1. The minimum atomic E-state index is -0.467. The van der Waals surface area contributed by atoms with Gasteiger partial charge in [-0.3, -0.25) is 4.79 Å². The maximum absolute atomic E-state index is 10.6. The van der Waals surface area contributed by atoms with Gasteiger partial charge in [-0.1, -0.05) is 13.8 Å². The van der Waals surface area contributed by atoms with Crippen molar-refractivity contribution < 1.29 is 14.3 Å². The minimum absolute atomic E-state index is 0.323. The van der Waals surface area contributed by atoms with Crippen LogP contribution in [-0.4, -0.2) is 18.9 Å². The van der Waals surface area contributed by atoms with Crippen LogP contribution in [0, 0.1) is 5.92 Å². The predicted octanol–water partition coefficient (Wildman–Crippen LogP) is 0.941. The lowest BCUT2D eigenvalue weighted by atomic mass is 10.2. The summed E-state index contributed by atoms with van der Waals surface area (Å²) < 4.78 is 4.72. The van der Waals surface area contributed by atoms with E-state index in [2.05, 4.69) is 0 Å². The Bertz CT molecular complexity index is 159. The molecule has 0 aliphatic carbocycles. The molecule has 0 rings (SSSR count). The van der Waals surface area contributed by atoms with Gasteiger partial charge in [-0.15, -0.1) is 0 Å². The minimum Gasteiger partial charge on any atom is -0.462 e. The van der Waals surface area contributed by atoms with Crippen LogP contribution in [-0.2, 0) is 14.3 Å². The van der Waals surface area contributed by atoms with Crippen molar-refractivity contribution in [2.45, 2.75) is 13.8 Å². The fraction of sp³-hybridized carbons (Fsp3) is 0.500. The summed E-state index contributed by atoms with van der Waals surface area (Å²) in [4.78, 5) is 20.4. The van der Waals surface area contributed by atoms with E-state index in [4.69, 9.17) is 4.74 Å². The topological polar surface area (TPSA) is 43.4 Å². The van der Waals surface area contributed by atoms with Gasteiger partial charge in [0.1, 0.15) is 6.29 Å². The first-order valence-corrected chi connectivity index (χ1v) is 3.45. The van der Waals surface area contributed by atoms with Crippen LogP contribution < -0.4 is 0 Å². The van der Waals surface area contributed by atoms with Crippen LogP contribution >= 0.6 is 0 Å². The lowest BCUT2D eigenvalue weighted by molar-refractivity contribution is -0.138. The summed E-state index contributed by atoms with van der Waals surface area (Å²) in [6.45, 7) is 4.27. The lowest BCUT2D eigenvalue weighted by Gasteiger charge is -2.03. The molecule has 0 fully saturated rings. The summed E-state index contributed by atoms with van der Waals surface area (Å²) in [6, 6.07) is 0. The molecule has 3 nitrogen and oxygen atoms in total. The molecule has 3 heteroatoms. The Balaban J connectivity index is 3.53. The monoisotopic (exact) mass is 156 g/mol. The van der Waals surface area contributed by atoms with Crippen LogP contribution in [0.2, 0.25) is 0 Å². The fourth-order valence-corrected chi connectivity index (χ4v) is 0.415. The number of rotatable bonds is 4. The normalized spacial score (nSPS) is 10.5. The number of carbonyl (C=O) groups excluding carboxylic acids is 2. The van der Waals surface area contributed by atoms with Crippen LogP contribution in [0.15, 0.2) is 12.2 Å². The van der Waals surface area contributed by atoms with E-state index in [-0.39, 0.29) is 0 Å². The Morgan fingerprint density at radius 3 is 2.64 bits per heavy atom. The molecule has 0 unspecified atom stereocenters. The molecule has 0 aliphatic heterocycles. The van der Waals surface area contributed by atoms with Gasteiger partial charge in [-0.2, -0.15) is 0 Å². The van der Waals surface area contributed by atoms with Crippen LogP contribution in [0.5, 0.6) is 0 Å². The Labute approximate surface area is 66.0 Å². The summed E-state index contributed by atoms with van der Waals surface area (Å²) in [5.74, 6) is -0.144. The highest BCUT2D eigenvalue weighted by Crippen LogP contribution is 1.92. The summed E-state index contributed by atoms with van der Waals surface area (Å²) in [5.41, 5.74) is 0. The molecule has 0 spiro atoms. The van der Waals surface area contributed by atoms with Crippen molar-refractivity contribution in [3.05, 3.63) is 12.2 Å². The summed E-state index contributed by atoms with van der Waals surface area (Å²) >= 11 is 0. The zero-order chi connectivity index (χ0) is 8.69. The standard InChI is InChI=1S/C8H12O3/c1-7(2)6-11-8(10)4-3-5-9/h3-5,7H,6H2,1-2H3/b4-3+. The number of aldehydes is 1. The highest BCUT2D eigenvalue weighted by molar-refractivity contribution is 5.86. The van der Waals surface area contributed by atoms with E-state index >= 15 is 0 Å². The Hall–Kier alpha value is -1.12. The van der Waals surface area contributed by atoms with Crippen LogP contribution in [0.25, 0.3) is 0 Å². The Morgan fingerprint density at radius 1 is 1.55 bits per heavy atom. The molecule has 0 N–H and O–H groups in total. The van der Waals surface area contributed by atoms with Crippen molar-refractivity contribution in [1.29, 1.82) is 0 Å². The molecule has 11 heavy (non-hydrogen) atoms. The zero-order valence-corrected chi connectivity index (χ0v) is 6.74. The Morgan fingerprint density at radius 2 is 2.18 bits per heavy atom. The van der Waals surface area contributed by atoms with Gasteiger partial charge in [0.05, 0.1) is 6.61 Å². The van der Waals surface area contributed by atoms with Gasteiger partial charge in [0.2, 0.25) is 0 Å². The number of hydrogen-bond acceptors (Lipinski definition) is 3. The second kappa shape index (κ2) is 5.65. The number of allylic oxidation sites excluding steroid dienone is 1.